The number of rotatable bonds is 9. The van der Waals surface area contributed by atoms with E-state index in [-0.39, 0.29) is 18.4 Å². The summed E-state index contributed by atoms with van der Waals surface area (Å²) in [7, 11) is 0. The van der Waals surface area contributed by atoms with E-state index < -0.39 is 29.7 Å². The highest BCUT2D eigenvalue weighted by molar-refractivity contribution is 6.00. The summed E-state index contributed by atoms with van der Waals surface area (Å²) in [6.07, 6.45) is 0.897. The van der Waals surface area contributed by atoms with E-state index in [1.807, 2.05) is 77.9 Å². The number of anilines is 1. The van der Waals surface area contributed by atoms with Crippen LogP contribution in [0.15, 0.2) is 49.1 Å². The number of para-hydroxylation sites is 1. The van der Waals surface area contributed by atoms with Crippen molar-refractivity contribution in [2.45, 2.75) is 80.0 Å². The third-order valence-corrected chi connectivity index (χ3v) is 6.35. The van der Waals surface area contributed by atoms with Crippen LogP contribution in [0.2, 0.25) is 0 Å². The maximum absolute atomic E-state index is 14.1. The molecule has 0 radical (unpaired) electrons. The van der Waals surface area contributed by atoms with Crippen LogP contribution in [-0.4, -0.2) is 41.0 Å². The summed E-state index contributed by atoms with van der Waals surface area (Å²) in [4.78, 5) is 42.1. The van der Waals surface area contributed by atoms with Crippen molar-refractivity contribution in [2.75, 3.05) is 11.9 Å². The first-order valence-electron chi connectivity index (χ1n) is 13.0. The van der Waals surface area contributed by atoms with Crippen LogP contribution >= 0.6 is 0 Å². The van der Waals surface area contributed by atoms with E-state index in [0.717, 1.165) is 22.3 Å². The summed E-state index contributed by atoms with van der Waals surface area (Å²) in [6.45, 7) is 20.7. The zero-order valence-electron chi connectivity index (χ0n) is 24.3. The van der Waals surface area contributed by atoms with Gasteiger partial charge in [-0.2, -0.15) is 0 Å². The number of nitrogens with zero attached hydrogens (tertiary/aromatic N) is 1. The minimum atomic E-state index is -0.958. The number of amides is 3. The van der Waals surface area contributed by atoms with E-state index in [1.54, 1.807) is 26.8 Å². The Morgan fingerprint density at radius 2 is 1.58 bits per heavy atom. The van der Waals surface area contributed by atoms with Gasteiger partial charge in [0.05, 0.1) is 0 Å². The Balaban J connectivity index is 2.58. The highest BCUT2D eigenvalue weighted by Crippen LogP contribution is 2.28. The number of ether oxygens (including phenoxy) is 1. The average Bonchev–Trinajstić information content (AvgIpc) is 2.80. The van der Waals surface area contributed by atoms with Gasteiger partial charge in [0.1, 0.15) is 17.7 Å². The van der Waals surface area contributed by atoms with Gasteiger partial charge in [0.15, 0.2) is 0 Å². The number of carbonyl (C=O) groups is 3. The first-order chi connectivity index (χ1) is 17.7. The van der Waals surface area contributed by atoms with E-state index in [4.69, 9.17) is 4.74 Å². The van der Waals surface area contributed by atoms with Gasteiger partial charge in [0.25, 0.3) is 5.91 Å². The number of carbonyl (C=O) groups excluding carboxylic acids is 3. The van der Waals surface area contributed by atoms with Gasteiger partial charge < -0.3 is 20.3 Å². The number of alkyl carbamates (subject to hydrolysis) is 1. The molecule has 2 aromatic carbocycles. The predicted molar refractivity (Wildman–Crippen MR) is 153 cm³/mol. The molecule has 2 atom stereocenters. The molecule has 0 aliphatic carbocycles. The van der Waals surface area contributed by atoms with Crippen LogP contribution in [0.1, 0.15) is 68.5 Å². The lowest BCUT2D eigenvalue weighted by atomic mass is 9.96. The molecule has 38 heavy (non-hydrogen) atoms. The van der Waals surface area contributed by atoms with Crippen molar-refractivity contribution in [1.82, 2.24) is 10.2 Å². The topological polar surface area (TPSA) is 87.7 Å². The zero-order chi connectivity index (χ0) is 28.8. The third kappa shape index (κ3) is 7.94. The van der Waals surface area contributed by atoms with Gasteiger partial charge in [-0.1, -0.05) is 56.3 Å². The first kappa shape index (κ1) is 30.6. The van der Waals surface area contributed by atoms with Gasteiger partial charge in [-0.15, -0.1) is 6.58 Å². The molecule has 0 spiro atoms. The van der Waals surface area contributed by atoms with E-state index in [2.05, 4.69) is 17.2 Å². The highest BCUT2D eigenvalue weighted by atomic mass is 16.6. The zero-order valence-corrected chi connectivity index (χ0v) is 24.3. The molecule has 2 rings (SSSR count). The van der Waals surface area contributed by atoms with Crippen LogP contribution in [0.25, 0.3) is 0 Å². The van der Waals surface area contributed by atoms with Crippen molar-refractivity contribution < 1.29 is 19.1 Å². The molecule has 0 heterocycles. The first-order valence-corrected chi connectivity index (χ1v) is 13.0. The summed E-state index contributed by atoms with van der Waals surface area (Å²) < 4.78 is 5.41. The molecule has 0 bridgehead atoms. The van der Waals surface area contributed by atoms with Crippen molar-refractivity contribution in [3.05, 3.63) is 76.9 Å². The fourth-order valence-corrected chi connectivity index (χ4v) is 4.20. The molecule has 2 unspecified atom stereocenters. The van der Waals surface area contributed by atoms with E-state index in [1.165, 1.54) is 4.90 Å². The molecule has 3 amide bonds. The van der Waals surface area contributed by atoms with Crippen LogP contribution in [0.3, 0.4) is 0 Å². The van der Waals surface area contributed by atoms with Crippen LogP contribution in [0, 0.1) is 33.6 Å². The Morgan fingerprint density at radius 3 is 2.08 bits per heavy atom. The molecule has 0 aliphatic heterocycles. The average molecular weight is 522 g/mol. The number of benzene rings is 2. The van der Waals surface area contributed by atoms with Crippen molar-refractivity contribution >= 4 is 23.6 Å². The molecule has 0 aromatic heterocycles. The fraction of sp³-hybridized carbons (Fsp3) is 0.452. The molecular formula is C31H43N3O4. The Labute approximate surface area is 227 Å². The van der Waals surface area contributed by atoms with Gasteiger partial charge in [0, 0.05) is 12.2 Å². The van der Waals surface area contributed by atoms with Gasteiger partial charge >= 0.3 is 6.09 Å². The van der Waals surface area contributed by atoms with Crippen LogP contribution in [-0.2, 0) is 14.3 Å². The van der Waals surface area contributed by atoms with Crippen LogP contribution in [0.4, 0.5) is 10.5 Å². The normalized spacial score (nSPS) is 12.9. The quantitative estimate of drug-likeness (QED) is 0.387. The highest BCUT2D eigenvalue weighted by Gasteiger charge is 2.37. The van der Waals surface area contributed by atoms with Crippen molar-refractivity contribution in [1.29, 1.82) is 0 Å². The SMILES string of the molecule is C=CCN(C(=O)C(NC(=O)OC(C)(C)C)C(C)C)C(C(=O)Nc1c(C)cccc1C)c1ccc(C)c(C)c1. The molecule has 2 aromatic rings. The molecule has 2 N–H and O–H groups in total. The smallest absolute Gasteiger partial charge is 0.408 e. The van der Waals surface area contributed by atoms with Crippen molar-refractivity contribution in [3.63, 3.8) is 0 Å². The fourth-order valence-electron chi connectivity index (χ4n) is 4.20. The van der Waals surface area contributed by atoms with Crippen molar-refractivity contribution in [3.8, 4) is 0 Å². The lowest BCUT2D eigenvalue weighted by Gasteiger charge is -2.35. The monoisotopic (exact) mass is 521 g/mol. The largest absolute Gasteiger partial charge is 0.444 e. The second-order valence-corrected chi connectivity index (χ2v) is 11.1. The molecule has 0 saturated heterocycles. The minimum absolute atomic E-state index is 0.107. The number of aryl methyl sites for hydroxylation is 4. The van der Waals surface area contributed by atoms with Gasteiger partial charge in [-0.05, 0) is 82.2 Å². The third-order valence-electron chi connectivity index (χ3n) is 6.35. The Kier molecular flexibility index (Phi) is 10.3. The molecule has 206 valence electrons. The van der Waals surface area contributed by atoms with Crippen LogP contribution in [0.5, 0.6) is 0 Å². The Bertz CT molecular complexity index is 1160. The van der Waals surface area contributed by atoms with Gasteiger partial charge in [-0.3, -0.25) is 9.59 Å². The van der Waals surface area contributed by atoms with Crippen molar-refractivity contribution in [2.24, 2.45) is 5.92 Å². The second kappa shape index (κ2) is 12.8. The summed E-state index contributed by atoms with van der Waals surface area (Å²) in [5.41, 5.74) is 4.59. The Hall–Kier alpha value is -3.61. The standard InChI is InChI=1S/C31H43N3O4/c1-11-17-34(29(36)25(19(2)3)33-30(37)38-31(8,9)10)27(24-16-15-20(4)23(7)18-24)28(35)32-26-21(5)13-12-14-22(26)6/h11-16,18-19,25,27H,1,17H2,2-10H3,(H,32,35)(H,33,37). The molecule has 0 aliphatic rings. The minimum Gasteiger partial charge on any atom is -0.444 e. The Morgan fingerprint density at radius 1 is 0.974 bits per heavy atom. The molecule has 0 saturated carbocycles. The van der Waals surface area contributed by atoms with Gasteiger partial charge in [0.2, 0.25) is 5.91 Å². The summed E-state index contributed by atoms with van der Waals surface area (Å²) in [6, 6.07) is 9.67. The molecule has 7 nitrogen and oxygen atoms in total. The van der Waals surface area contributed by atoms with Crippen LogP contribution < -0.4 is 10.6 Å². The van der Waals surface area contributed by atoms with E-state index in [9.17, 15) is 14.4 Å². The summed E-state index contributed by atoms with van der Waals surface area (Å²) >= 11 is 0. The molecular weight excluding hydrogens is 478 g/mol. The number of nitrogens with one attached hydrogen (secondary N) is 2. The lowest BCUT2D eigenvalue weighted by Crippen LogP contribution is -2.54. The predicted octanol–water partition coefficient (Wildman–Crippen LogP) is 6.16. The maximum atomic E-state index is 14.1. The lowest BCUT2D eigenvalue weighted by molar-refractivity contribution is -0.141. The van der Waals surface area contributed by atoms with E-state index in [0.29, 0.717) is 11.3 Å². The summed E-state index contributed by atoms with van der Waals surface area (Å²) in [5, 5.41) is 5.79. The molecule has 7 heteroatoms. The van der Waals surface area contributed by atoms with E-state index >= 15 is 0 Å². The maximum Gasteiger partial charge on any atom is 0.408 e. The summed E-state index contributed by atoms with van der Waals surface area (Å²) in [5.74, 6) is -1.00. The number of hydrogen-bond acceptors (Lipinski definition) is 4. The number of hydrogen-bond donors (Lipinski definition) is 2. The second-order valence-electron chi connectivity index (χ2n) is 11.1. The molecule has 0 fully saturated rings. The van der Waals surface area contributed by atoms with Gasteiger partial charge in [-0.25, -0.2) is 4.79 Å².